The molecule has 0 saturated heterocycles. The zero-order valence-electron chi connectivity index (χ0n) is 12.3. The van der Waals surface area contributed by atoms with E-state index in [0.29, 0.717) is 23.0 Å². The van der Waals surface area contributed by atoms with Crippen molar-refractivity contribution in [3.05, 3.63) is 17.0 Å². The zero-order chi connectivity index (χ0) is 14.0. The number of rotatable bonds is 4. The predicted molar refractivity (Wildman–Crippen MR) is 80.7 cm³/mol. The van der Waals surface area contributed by atoms with E-state index in [1.54, 1.807) is 0 Å². The topological polar surface area (TPSA) is 37.8 Å². The number of nitrogens with one attached hydrogen (secondary N) is 1. The van der Waals surface area contributed by atoms with Gasteiger partial charge in [-0.05, 0) is 24.7 Å². The van der Waals surface area contributed by atoms with Crippen molar-refractivity contribution in [2.45, 2.75) is 58.9 Å². The Labute approximate surface area is 121 Å². The Bertz CT molecular complexity index is 433. The number of hydrogen-bond acceptors (Lipinski definition) is 3. The van der Waals surface area contributed by atoms with Crippen LogP contribution in [-0.4, -0.2) is 16.0 Å². The van der Waals surface area contributed by atoms with Gasteiger partial charge in [0.1, 0.15) is 16.8 Å². The van der Waals surface area contributed by atoms with E-state index < -0.39 is 0 Å². The highest BCUT2D eigenvalue weighted by Gasteiger charge is 2.31. The van der Waals surface area contributed by atoms with Crippen molar-refractivity contribution in [3.63, 3.8) is 0 Å². The lowest BCUT2D eigenvalue weighted by Crippen LogP contribution is -2.25. The molecule has 0 radical (unpaired) electrons. The lowest BCUT2D eigenvalue weighted by molar-refractivity contribution is 0.391. The minimum Gasteiger partial charge on any atom is -0.367 e. The predicted octanol–water partition coefficient (Wildman–Crippen LogP) is 4.49. The van der Waals surface area contributed by atoms with Crippen molar-refractivity contribution in [1.82, 2.24) is 9.97 Å². The summed E-state index contributed by atoms with van der Waals surface area (Å²) < 4.78 is 0. The molecule has 3 unspecified atom stereocenters. The molecule has 1 N–H and O–H groups in total. The van der Waals surface area contributed by atoms with Crippen molar-refractivity contribution < 1.29 is 0 Å². The normalized spacial score (nSPS) is 26.9. The third kappa shape index (κ3) is 3.38. The van der Waals surface area contributed by atoms with Crippen LogP contribution in [0.15, 0.2) is 6.07 Å². The van der Waals surface area contributed by atoms with Crippen LogP contribution in [0.2, 0.25) is 5.15 Å². The fourth-order valence-electron chi connectivity index (χ4n) is 2.98. The first-order valence-electron chi connectivity index (χ1n) is 7.32. The average Bonchev–Trinajstić information content (AvgIpc) is 2.70. The van der Waals surface area contributed by atoms with E-state index in [4.69, 9.17) is 11.6 Å². The quantitative estimate of drug-likeness (QED) is 0.826. The highest BCUT2D eigenvalue weighted by atomic mass is 35.5. The molecule has 1 saturated carbocycles. The summed E-state index contributed by atoms with van der Waals surface area (Å²) >= 11 is 6.08. The first-order valence-corrected chi connectivity index (χ1v) is 7.70. The van der Waals surface area contributed by atoms with Gasteiger partial charge in [-0.3, -0.25) is 0 Å². The molecule has 0 aromatic carbocycles. The molecule has 1 aliphatic rings. The summed E-state index contributed by atoms with van der Waals surface area (Å²) in [7, 11) is 0. The van der Waals surface area contributed by atoms with E-state index in [1.807, 2.05) is 6.07 Å². The maximum atomic E-state index is 6.08. The van der Waals surface area contributed by atoms with Crippen LogP contribution in [0.4, 0.5) is 5.82 Å². The minimum atomic E-state index is 0.295. The molecule has 0 aliphatic heterocycles. The maximum Gasteiger partial charge on any atom is 0.135 e. The number of anilines is 1. The molecular weight excluding hydrogens is 258 g/mol. The Kier molecular flexibility index (Phi) is 4.67. The molecule has 0 bridgehead atoms. The fourth-order valence-corrected chi connectivity index (χ4v) is 3.17. The summed E-state index contributed by atoms with van der Waals surface area (Å²) in [6.45, 7) is 8.79. The smallest absolute Gasteiger partial charge is 0.135 e. The molecule has 3 nitrogen and oxygen atoms in total. The van der Waals surface area contributed by atoms with Crippen molar-refractivity contribution >= 4 is 17.4 Å². The summed E-state index contributed by atoms with van der Waals surface area (Å²) in [5, 5.41) is 4.08. The van der Waals surface area contributed by atoms with Gasteiger partial charge in [0.15, 0.2) is 0 Å². The molecule has 1 aromatic rings. The Morgan fingerprint density at radius 2 is 2.11 bits per heavy atom. The van der Waals surface area contributed by atoms with Gasteiger partial charge < -0.3 is 5.32 Å². The monoisotopic (exact) mass is 281 g/mol. The van der Waals surface area contributed by atoms with Gasteiger partial charge >= 0.3 is 0 Å². The summed E-state index contributed by atoms with van der Waals surface area (Å²) in [4.78, 5) is 8.85. The van der Waals surface area contributed by atoms with Crippen molar-refractivity contribution in [3.8, 4) is 0 Å². The lowest BCUT2D eigenvalue weighted by atomic mass is 9.93. The van der Waals surface area contributed by atoms with E-state index in [1.165, 1.54) is 19.3 Å². The SMILES string of the molecule is CCC1CCC(Nc2cc(Cl)nc(C(C)C)n2)C1C. The Balaban J connectivity index is 2.11. The highest BCUT2D eigenvalue weighted by molar-refractivity contribution is 6.29. The summed E-state index contributed by atoms with van der Waals surface area (Å²) in [5.41, 5.74) is 0. The van der Waals surface area contributed by atoms with Gasteiger partial charge in [0, 0.05) is 18.0 Å². The lowest BCUT2D eigenvalue weighted by Gasteiger charge is -2.22. The molecule has 1 aromatic heterocycles. The molecule has 1 fully saturated rings. The van der Waals surface area contributed by atoms with Crippen LogP contribution in [-0.2, 0) is 0 Å². The van der Waals surface area contributed by atoms with Crippen molar-refractivity contribution in [1.29, 1.82) is 0 Å². The highest BCUT2D eigenvalue weighted by Crippen LogP contribution is 2.35. The molecule has 3 atom stereocenters. The number of halogens is 1. The van der Waals surface area contributed by atoms with Crippen LogP contribution in [0.5, 0.6) is 0 Å². The second-order valence-corrected chi connectivity index (χ2v) is 6.33. The summed E-state index contributed by atoms with van der Waals surface area (Å²) in [6, 6.07) is 2.34. The van der Waals surface area contributed by atoms with Gasteiger partial charge in [0.05, 0.1) is 0 Å². The van der Waals surface area contributed by atoms with Gasteiger partial charge in [-0.1, -0.05) is 45.7 Å². The van der Waals surface area contributed by atoms with Crippen LogP contribution in [0.1, 0.15) is 58.7 Å². The zero-order valence-corrected chi connectivity index (χ0v) is 13.0. The second-order valence-electron chi connectivity index (χ2n) is 5.94. The van der Waals surface area contributed by atoms with Crippen LogP contribution in [0.3, 0.4) is 0 Å². The molecule has 4 heteroatoms. The first-order chi connectivity index (χ1) is 9.01. The summed E-state index contributed by atoms with van der Waals surface area (Å²) in [6.07, 6.45) is 3.80. The van der Waals surface area contributed by atoms with Crippen molar-refractivity contribution in [2.75, 3.05) is 5.32 Å². The van der Waals surface area contributed by atoms with Gasteiger partial charge in [-0.15, -0.1) is 0 Å². The van der Waals surface area contributed by atoms with Gasteiger partial charge in [-0.25, -0.2) is 9.97 Å². The van der Waals surface area contributed by atoms with E-state index in [-0.39, 0.29) is 0 Å². The molecular formula is C15H24ClN3. The van der Waals surface area contributed by atoms with Crippen LogP contribution in [0.25, 0.3) is 0 Å². The largest absolute Gasteiger partial charge is 0.367 e. The standard InChI is InChI=1S/C15H24ClN3/c1-5-11-6-7-12(10(11)4)17-14-8-13(16)18-15(19-14)9(2)3/h8-12H,5-7H2,1-4H3,(H,17,18,19). The van der Waals surface area contributed by atoms with Crippen LogP contribution >= 0.6 is 11.6 Å². The fraction of sp³-hybridized carbons (Fsp3) is 0.733. The number of nitrogens with zero attached hydrogens (tertiary/aromatic N) is 2. The average molecular weight is 282 g/mol. The van der Waals surface area contributed by atoms with E-state index in [0.717, 1.165) is 17.6 Å². The van der Waals surface area contributed by atoms with Gasteiger partial charge in [0.2, 0.25) is 0 Å². The Morgan fingerprint density at radius 1 is 1.37 bits per heavy atom. The molecule has 106 valence electrons. The van der Waals surface area contributed by atoms with E-state index in [9.17, 15) is 0 Å². The second kappa shape index (κ2) is 6.08. The molecule has 1 heterocycles. The van der Waals surface area contributed by atoms with Gasteiger partial charge in [-0.2, -0.15) is 0 Å². The van der Waals surface area contributed by atoms with Crippen molar-refractivity contribution in [2.24, 2.45) is 11.8 Å². The van der Waals surface area contributed by atoms with E-state index >= 15 is 0 Å². The number of hydrogen-bond donors (Lipinski definition) is 1. The molecule has 0 amide bonds. The van der Waals surface area contributed by atoms with Crippen LogP contribution < -0.4 is 5.32 Å². The molecule has 2 rings (SSSR count). The maximum absolute atomic E-state index is 6.08. The third-order valence-electron chi connectivity index (χ3n) is 4.31. The Hall–Kier alpha value is -0.830. The van der Waals surface area contributed by atoms with E-state index in [2.05, 4.69) is 43.0 Å². The Morgan fingerprint density at radius 3 is 2.68 bits per heavy atom. The first kappa shape index (κ1) is 14.6. The molecule has 19 heavy (non-hydrogen) atoms. The third-order valence-corrected chi connectivity index (χ3v) is 4.51. The number of aromatic nitrogens is 2. The van der Waals surface area contributed by atoms with Crippen LogP contribution in [0, 0.1) is 11.8 Å². The minimum absolute atomic E-state index is 0.295. The molecule has 0 spiro atoms. The summed E-state index contributed by atoms with van der Waals surface area (Å²) in [5.74, 6) is 3.51. The van der Waals surface area contributed by atoms with Gasteiger partial charge in [0.25, 0.3) is 0 Å². The molecule has 1 aliphatic carbocycles.